The summed E-state index contributed by atoms with van der Waals surface area (Å²) in [7, 11) is 0. The van der Waals surface area contributed by atoms with Crippen LogP contribution in [-0.4, -0.2) is 34.2 Å². The van der Waals surface area contributed by atoms with E-state index < -0.39 is 4.92 Å². The molecule has 1 aromatic rings. The van der Waals surface area contributed by atoms with Crippen LogP contribution in [0.5, 0.6) is 0 Å². The number of nitro benzene ring substituents is 1. The molecule has 1 heterocycles. The Labute approximate surface area is 126 Å². The molecule has 1 aliphatic heterocycles. The number of rotatable bonds is 4. The van der Waals surface area contributed by atoms with E-state index >= 15 is 0 Å². The zero-order chi connectivity index (χ0) is 14.5. The van der Waals surface area contributed by atoms with E-state index in [-0.39, 0.29) is 17.2 Å². The molecule has 1 amide bonds. The van der Waals surface area contributed by atoms with Gasteiger partial charge in [0.1, 0.15) is 5.56 Å². The maximum atomic E-state index is 12.5. The largest absolute Gasteiger partial charge is 0.338 e. The summed E-state index contributed by atoms with van der Waals surface area (Å²) in [5.41, 5.74) is 0.0807. The topological polar surface area (TPSA) is 63.4 Å². The standard InChI is InChI=1S/C14H17BrN2O3/c15-8-7-11-4-3-9-16(10-11)14(18)12-5-1-2-6-13(12)17(19)20/h1-2,5-6,11H,3-4,7-10H2. The van der Waals surface area contributed by atoms with Gasteiger partial charge in [-0.15, -0.1) is 0 Å². The predicted molar refractivity (Wildman–Crippen MR) is 80.1 cm³/mol. The summed E-state index contributed by atoms with van der Waals surface area (Å²) < 4.78 is 0. The lowest BCUT2D eigenvalue weighted by atomic mass is 9.95. The molecule has 0 bridgehead atoms. The molecular weight excluding hydrogens is 324 g/mol. The van der Waals surface area contributed by atoms with Crippen LogP contribution in [0.1, 0.15) is 29.6 Å². The number of likely N-dealkylation sites (tertiary alicyclic amines) is 1. The van der Waals surface area contributed by atoms with E-state index in [1.165, 1.54) is 12.1 Å². The van der Waals surface area contributed by atoms with Crippen LogP contribution in [0.2, 0.25) is 0 Å². The number of hydrogen-bond donors (Lipinski definition) is 0. The van der Waals surface area contributed by atoms with Gasteiger partial charge in [-0.05, 0) is 31.2 Å². The molecule has 6 heteroatoms. The van der Waals surface area contributed by atoms with E-state index in [1.54, 1.807) is 17.0 Å². The van der Waals surface area contributed by atoms with Crippen LogP contribution >= 0.6 is 15.9 Å². The molecule has 1 aromatic carbocycles. The minimum absolute atomic E-state index is 0.111. The highest BCUT2D eigenvalue weighted by Gasteiger charge is 2.28. The van der Waals surface area contributed by atoms with Gasteiger partial charge in [-0.3, -0.25) is 14.9 Å². The van der Waals surface area contributed by atoms with Crippen molar-refractivity contribution in [1.82, 2.24) is 4.90 Å². The Hall–Kier alpha value is -1.43. The number of carbonyl (C=O) groups excluding carboxylic acids is 1. The van der Waals surface area contributed by atoms with Crippen LogP contribution in [0.3, 0.4) is 0 Å². The number of benzene rings is 1. The zero-order valence-corrected chi connectivity index (χ0v) is 12.7. The lowest BCUT2D eigenvalue weighted by Crippen LogP contribution is -2.40. The number of nitrogens with zero attached hydrogens (tertiary/aromatic N) is 2. The van der Waals surface area contributed by atoms with E-state index in [4.69, 9.17) is 0 Å². The van der Waals surface area contributed by atoms with Crippen molar-refractivity contribution in [3.8, 4) is 0 Å². The minimum Gasteiger partial charge on any atom is -0.338 e. The van der Waals surface area contributed by atoms with Gasteiger partial charge in [0.05, 0.1) is 4.92 Å². The molecule has 1 unspecified atom stereocenters. The third-order valence-electron chi connectivity index (χ3n) is 3.65. The van der Waals surface area contributed by atoms with E-state index in [2.05, 4.69) is 15.9 Å². The van der Waals surface area contributed by atoms with Crippen LogP contribution in [0.4, 0.5) is 5.69 Å². The summed E-state index contributed by atoms with van der Waals surface area (Å²) in [6.45, 7) is 1.38. The summed E-state index contributed by atoms with van der Waals surface area (Å²) in [6, 6.07) is 6.17. The highest BCUT2D eigenvalue weighted by Crippen LogP contribution is 2.25. The smallest absolute Gasteiger partial charge is 0.282 e. The molecule has 0 N–H and O–H groups in total. The third-order valence-corrected chi connectivity index (χ3v) is 4.11. The van der Waals surface area contributed by atoms with Crippen molar-refractivity contribution < 1.29 is 9.72 Å². The van der Waals surface area contributed by atoms with Crippen molar-refractivity contribution in [3.63, 3.8) is 0 Å². The predicted octanol–water partition coefficient (Wildman–Crippen LogP) is 3.23. The maximum Gasteiger partial charge on any atom is 0.282 e. The highest BCUT2D eigenvalue weighted by molar-refractivity contribution is 9.09. The number of halogens is 1. The number of para-hydroxylation sites is 1. The summed E-state index contributed by atoms with van der Waals surface area (Å²) in [6.07, 6.45) is 3.11. The Morgan fingerprint density at radius 3 is 2.90 bits per heavy atom. The van der Waals surface area contributed by atoms with Crippen molar-refractivity contribution in [2.24, 2.45) is 5.92 Å². The van der Waals surface area contributed by atoms with Gasteiger partial charge >= 0.3 is 0 Å². The van der Waals surface area contributed by atoms with Crippen molar-refractivity contribution in [1.29, 1.82) is 0 Å². The van der Waals surface area contributed by atoms with E-state index in [9.17, 15) is 14.9 Å². The van der Waals surface area contributed by atoms with Gasteiger partial charge in [0.15, 0.2) is 0 Å². The Kier molecular flexibility index (Phi) is 5.11. The van der Waals surface area contributed by atoms with E-state index in [1.807, 2.05) is 0 Å². The van der Waals surface area contributed by atoms with Crippen molar-refractivity contribution >= 4 is 27.5 Å². The van der Waals surface area contributed by atoms with Gasteiger partial charge < -0.3 is 4.90 Å². The first kappa shape index (κ1) is 15.0. The summed E-state index contributed by atoms with van der Waals surface area (Å²) in [5, 5.41) is 11.9. The van der Waals surface area contributed by atoms with E-state index in [0.717, 1.165) is 24.6 Å². The fourth-order valence-corrected chi connectivity index (χ4v) is 3.27. The third kappa shape index (κ3) is 3.36. The maximum absolute atomic E-state index is 12.5. The quantitative estimate of drug-likeness (QED) is 0.480. The van der Waals surface area contributed by atoms with Gasteiger partial charge in [-0.1, -0.05) is 28.1 Å². The second-order valence-electron chi connectivity index (χ2n) is 5.01. The summed E-state index contributed by atoms with van der Waals surface area (Å²) >= 11 is 3.42. The SMILES string of the molecule is O=C(c1ccccc1[N+](=O)[O-])N1CCCC(CCBr)C1. The van der Waals surface area contributed by atoms with Crippen LogP contribution in [0, 0.1) is 16.0 Å². The first-order valence-electron chi connectivity index (χ1n) is 6.72. The monoisotopic (exact) mass is 340 g/mol. The Bertz CT molecular complexity index is 505. The zero-order valence-electron chi connectivity index (χ0n) is 11.1. The van der Waals surface area contributed by atoms with Gasteiger partial charge in [0.2, 0.25) is 0 Å². The van der Waals surface area contributed by atoms with Gasteiger partial charge in [-0.2, -0.15) is 0 Å². The molecule has 1 aliphatic rings. The average molecular weight is 341 g/mol. The molecule has 20 heavy (non-hydrogen) atoms. The second kappa shape index (κ2) is 6.83. The minimum atomic E-state index is -0.493. The molecule has 5 nitrogen and oxygen atoms in total. The fraction of sp³-hybridized carbons (Fsp3) is 0.500. The molecule has 2 rings (SSSR count). The molecule has 0 spiro atoms. The highest BCUT2D eigenvalue weighted by atomic mass is 79.9. The van der Waals surface area contributed by atoms with Crippen molar-refractivity contribution in [2.45, 2.75) is 19.3 Å². The lowest BCUT2D eigenvalue weighted by Gasteiger charge is -2.32. The molecule has 0 aromatic heterocycles. The van der Waals surface area contributed by atoms with Crippen LogP contribution < -0.4 is 0 Å². The molecule has 0 aliphatic carbocycles. The van der Waals surface area contributed by atoms with Crippen molar-refractivity contribution in [3.05, 3.63) is 39.9 Å². The number of piperidine rings is 1. The number of carbonyl (C=O) groups is 1. The second-order valence-corrected chi connectivity index (χ2v) is 5.80. The number of amides is 1. The van der Waals surface area contributed by atoms with Crippen LogP contribution in [0.25, 0.3) is 0 Å². The Morgan fingerprint density at radius 1 is 1.45 bits per heavy atom. The lowest BCUT2D eigenvalue weighted by molar-refractivity contribution is -0.385. The average Bonchev–Trinajstić information content (AvgIpc) is 2.47. The molecule has 1 fully saturated rings. The van der Waals surface area contributed by atoms with E-state index in [0.29, 0.717) is 19.0 Å². The number of hydrogen-bond acceptors (Lipinski definition) is 3. The molecule has 1 saturated heterocycles. The van der Waals surface area contributed by atoms with Crippen LogP contribution in [0.15, 0.2) is 24.3 Å². The first-order chi connectivity index (χ1) is 9.63. The van der Waals surface area contributed by atoms with Gasteiger partial charge in [-0.25, -0.2) is 0 Å². The molecular formula is C14H17BrN2O3. The molecule has 1 atom stereocenters. The van der Waals surface area contributed by atoms with Gasteiger partial charge in [0.25, 0.3) is 11.6 Å². The molecule has 108 valence electrons. The summed E-state index contributed by atoms with van der Waals surface area (Å²) in [4.78, 5) is 24.7. The molecule has 0 radical (unpaired) electrons. The number of alkyl halides is 1. The summed E-state index contributed by atoms with van der Waals surface area (Å²) in [5.74, 6) is 0.256. The normalized spacial score (nSPS) is 18.9. The van der Waals surface area contributed by atoms with Crippen molar-refractivity contribution in [2.75, 3.05) is 18.4 Å². The Morgan fingerprint density at radius 2 is 2.20 bits per heavy atom. The Balaban J connectivity index is 2.17. The first-order valence-corrected chi connectivity index (χ1v) is 7.84. The molecule has 0 saturated carbocycles. The fourth-order valence-electron chi connectivity index (χ4n) is 2.62. The van der Waals surface area contributed by atoms with Crippen LogP contribution in [-0.2, 0) is 0 Å². The van der Waals surface area contributed by atoms with Gasteiger partial charge in [0, 0.05) is 24.5 Å². The number of nitro groups is 1.